The number of ether oxygens (including phenoxy) is 1. The number of aromatic amines is 2. The van der Waals surface area contributed by atoms with Crippen molar-refractivity contribution in [2.75, 3.05) is 7.11 Å². The zero-order valence-electron chi connectivity index (χ0n) is 15.5. The van der Waals surface area contributed by atoms with E-state index in [1.165, 1.54) is 9.44 Å². The van der Waals surface area contributed by atoms with E-state index in [1.54, 1.807) is 25.5 Å². The fourth-order valence-electron chi connectivity index (χ4n) is 3.43. The van der Waals surface area contributed by atoms with Crippen LogP contribution in [0.5, 0.6) is 5.75 Å². The number of H-pyrrole nitrogens is 2. The summed E-state index contributed by atoms with van der Waals surface area (Å²) in [5.74, 6) is 0.740. The van der Waals surface area contributed by atoms with Crippen molar-refractivity contribution in [3.8, 4) is 28.1 Å². The van der Waals surface area contributed by atoms with Gasteiger partial charge in [0, 0.05) is 27.9 Å². The number of aromatic nitrogens is 3. The second kappa shape index (κ2) is 6.28. The van der Waals surface area contributed by atoms with E-state index in [2.05, 4.69) is 29.9 Å². The predicted octanol–water partition coefficient (Wildman–Crippen LogP) is 3.58. The Morgan fingerprint density at radius 2 is 1.78 bits per heavy atom. The van der Waals surface area contributed by atoms with Gasteiger partial charge in [-0.1, -0.05) is 12.1 Å². The van der Waals surface area contributed by atoms with Crippen LogP contribution in [-0.4, -0.2) is 21.6 Å². The van der Waals surface area contributed by atoms with E-state index in [0.29, 0.717) is 11.0 Å². The monoisotopic (exact) mass is 381 g/mol. The molecule has 0 radical (unpaired) electrons. The first-order chi connectivity index (χ1) is 12.9. The molecule has 0 amide bonds. The largest absolute Gasteiger partial charge is 0.497 e. The van der Waals surface area contributed by atoms with Gasteiger partial charge < -0.3 is 9.72 Å². The fourth-order valence-corrected chi connectivity index (χ4v) is 4.36. The zero-order chi connectivity index (χ0) is 19.3. The van der Waals surface area contributed by atoms with Gasteiger partial charge in [-0.15, -0.1) is 11.3 Å². The number of hydrogen-bond donors (Lipinski definition) is 2. The van der Waals surface area contributed by atoms with Crippen LogP contribution in [0.3, 0.4) is 0 Å². The van der Waals surface area contributed by atoms with Gasteiger partial charge in [-0.25, -0.2) is 4.79 Å². The summed E-state index contributed by atoms with van der Waals surface area (Å²) in [4.78, 5) is 32.8. The van der Waals surface area contributed by atoms with E-state index in [-0.39, 0.29) is 0 Å². The van der Waals surface area contributed by atoms with Crippen LogP contribution in [0, 0.1) is 13.8 Å². The Morgan fingerprint density at radius 1 is 1.07 bits per heavy atom. The highest BCUT2D eigenvalue weighted by atomic mass is 32.1. The SMILES string of the molecule is COc1ccc(-c2c(-c3cc(C)sc3C)[nH]c3c2c(=O)[nH]c(=O)n3C)cc1. The normalized spacial score (nSPS) is 11.3. The first-order valence-electron chi connectivity index (χ1n) is 8.47. The molecule has 0 unspecified atom stereocenters. The second-order valence-electron chi connectivity index (χ2n) is 6.47. The molecule has 0 saturated carbocycles. The summed E-state index contributed by atoms with van der Waals surface area (Å²) in [6.45, 7) is 4.11. The summed E-state index contributed by atoms with van der Waals surface area (Å²) in [5, 5.41) is 0.473. The predicted molar refractivity (Wildman–Crippen MR) is 109 cm³/mol. The van der Waals surface area contributed by atoms with Crippen LogP contribution in [-0.2, 0) is 7.05 Å². The van der Waals surface area contributed by atoms with Crippen LogP contribution in [0.4, 0.5) is 0 Å². The molecule has 7 heteroatoms. The van der Waals surface area contributed by atoms with E-state index in [4.69, 9.17) is 4.74 Å². The Hall–Kier alpha value is -3.06. The smallest absolute Gasteiger partial charge is 0.329 e. The Bertz CT molecular complexity index is 1270. The molecule has 0 aliphatic rings. The molecule has 6 nitrogen and oxygen atoms in total. The molecule has 0 bridgehead atoms. The number of nitrogens with one attached hydrogen (secondary N) is 2. The molecular weight excluding hydrogens is 362 g/mol. The summed E-state index contributed by atoms with van der Waals surface area (Å²) in [5.41, 5.74) is 3.20. The highest BCUT2D eigenvalue weighted by Gasteiger charge is 2.22. The van der Waals surface area contributed by atoms with E-state index < -0.39 is 11.2 Å². The molecule has 0 aliphatic heterocycles. The van der Waals surface area contributed by atoms with Gasteiger partial charge in [-0.05, 0) is 37.6 Å². The van der Waals surface area contributed by atoms with Gasteiger partial charge in [-0.3, -0.25) is 14.3 Å². The Kier molecular flexibility index (Phi) is 4.04. The Balaban J connectivity index is 2.14. The van der Waals surface area contributed by atoms with Gasteiger partial charge in [0.2, 0.25) is 0 Å². The topological polar surface area (TPSA) is 79.9 Å². The third kappa shape index (κ3) is 2.71. The molecule has 3 heterocycles. The maximum Gasteiger partial charge on any atom is 0.329 e. The highest BCUT2D eigenvalue weighted by molar-refractivity contribution is 7.12. The molecule has 4 aromatic rings. The summed E-state index contributed by atoms with van der Waals surface area (Å²) >= 11 is 1.70. The zero-order valence-corrected chi connectivity index (χ0v) is 16.3. The van der Waals surface area contributed by atoms with Crippen molar-refractivity contribution in [3.63, 3.8) is 0 Å². The van der Waals surface area contributed by atoms with Crippen LogP contribution in [0.2, 0.25) is 0 Å². The summed E-state index contributed by atoms with van der Waals surface area (Å²) in [6.07, 6.45) is 0. The molecule has 138 valence electrons. The average Bonchev–Trinajstić information content (AvgIpc) is 3.20. The Labute approximate surface area is 159 Å². The Morgan fingerprint density at radius 3 is 2.37 bits per heavy atom. The van der Waals surface area contributed by atoms with E-state index in [1.807, 2.05) is 24.3 Å². The molecule has 27 heavy (non-hydrogen) atoms. The lowest BCUT2D eigenvalue weighted by molar-refractivity contribution is 0.415. The van der Waals surface area contributed by atoms with Gasteiger partial charge in [0.15, 0.2) is 0 Å². The van der Waals surface area contributed by atoms with Crippen LogP contribution >= 0.6 is 11.3 Å². The molecule has 4 rings (SSSR count). The minimum absolute atomic E-state index is 0.397. The molecule has 0 spiro atoms. The molecule has 0 fully saturated rings. The third-order valence-electron chi connectivity index (χ3n) is 4.76. The highest BCUT2D eigenvalue weighted by Crippen LogP contribution is 2.40. The minimum atomic E-state index is -0.445. The number of benzene rings is 1. The van der Waals surface area contributed by atoms with Crippen LogP contribution in [0.1, 0.15) is 9.75 Å². The number of thiophene rings is 1. The van der Waals surface area contributed by atoms with Gasteiger partial charge in [-0.2, -0.15) is 0 Å². The molecule has 2 N–H and O–H groups in total. The van der Waals surface area contributed by atoms with Crippen molar-refractivity contribution in [1.29, 1.82) is 0 Å². The van der Waals surface area contributed by atoms with Gasteiger partial charge in [0.1, 0.15) is 11.4 Å². The summed E-state index contributed by atoms with van der Waals surface area (Å²) in [7, 11) is 3.26. The van der Waals surface area contributed by atoms with Crippen molar-refractivity contribution in [2.45, 2.75) is 13.8 Å². The number of fused-ring (bicyclic) bond motifs is 1. The molecule has 0 saturated heterocycles. The van der Waals surface area contributed by atoms with E-state index >= 15 is 0 Å². The summed E-state index contributed by atoms with van der Waals surface area (Å²) in [6, 6.07) is 9.66. The maximum atomic E-state index is 12.7. The third-order valence-corrected chi connectivity index (χ3v) is 5.72. The average molecular weight is 381 g/mol. The molecular formula is C20H19N3O3S. The van der Waals surface area contributed by atoms with Crippen molar-refractivity contribution >= 4 is 22.4 Å². The van der Waals surface area contributed by atoms with E-state index in [0.717, 1.165) is 33.0 Å². The molecule has 3 aromatic heterocycles. The van der Waals surface area contributed by atoms with Gasteiger partial charge in [0.25, 0.3) is 5.56 Å². The molecule has 0 aliphatic carbocycles. The molecule has 1 aromatic carbocycles. The number of methoxy groups -OCH3 is 1. The quantitative estimate of drug-likeness (QED) is 0.569. The standard InChI is InChI=1S/C20H19N3O3S/c1-10-9-14(11(2)27-10)17-15(12-5-7-13(26-4)8-6-12)16-18(21-17)23(3)20(25)22-19(16)24/h5-9,21H,1-4H3,(H,22,24,25). The van der Waals surface area contributed by atoms with Crippen LogP contribution < -0.4 is 16.0 Å². The van der Waals surface area contributed by atoms with Crippen molar-refractivity contribution < 1.29 is 4.74 Å². The van der Waals surface area contributed by atoms with Gasteiger partial charge >= 0.3 is 5.69 Å². The lowest BCUT2D eigenvalue weighted by Gasteiger charge is -2.06. The van der Waals surface area contributed by atoms with E-state index in [9.17, 15) is 9.59 Å². The fraction of sp³-hybridized carbons (Fsp3) is 0.200. The molecule has 0 atom stereocenters. The van der Waals surface area contributed by atoms with Crippen molar-refractivity contribution in [3.05, 3.63) is 60.9 Å². The second-order valence-corrected chi connectivity index (χ2v) is 7.93. The van der Waals surface area contributed by atoms with Crippen LogP contribution in [0.15, 0.2) is 39.9 Å². The first kappa shape index (κ1) is 17.4. The number of nitrogens with zero attached hydrogens (tertiary/aromatic N) is 1. The van der Waals surface area contributed by atoms with Crippen LogP contribution in [0.25, 0.3) is 33.4 Å². The number of hydrogen-bond acceptors (Lipinski definition) is 4. The van der Waals surface area contributed by atoms with Gasteiger partial charge in [0.05, 0.1) is 18.2 Å². The van der Waals surface area contributed by atoms with Crippen molar-refractivity contribution in [2.24, 2.45) is 7.05 Å². The van der Waals surface area contributed by atoms with Crippen molar-refractivity contribution in [1.82, 2.24) is 14.5 Å². The summed E-state index contributed by atoms with van der Waals surface area (Å²) < 4.78 is 6.68. The number of aryl methyl sites for hydroxylation is 3. The lowest BCUT2D eigenvalue weighted by atomic mass is 9.99. The lowest BCUT2D eigenvalue weighted by Crippen LogP contribution is -2.28. The minimum Gasteiger partial charge on any atom is -0.497 e. The number of rotatable bonds is 3. The maximum absolute atomic E-state index is 12.7. The first-order valence-corrected chi connectivity index (χ1v) is 9.29.